The number of rotatable bonds is 5. The molecule has 3 aromatic rings. The number of halogens is 2. The van der Waals surface area contributed by atoms with Crippen LogP contribution in [0.3, 0.4) is 0 Å². The second kappa shape index (κ2) is 8.86. The third-order valence-electron chi connectivity index (χ3n) is 5.59. The van der Waals surface area contributed by atoms with Crippen molar-refractivity contribution in [1.82, 2.24) is 20.2 Å². The van der Waals surface area contributed by atoms with Gasteiger partial charge in [0.1, 0.15) is 5.82 Å². The molecule has 0 bridgehead atoms. The maximum Gasteiger partial charge on any atom is 0.255 e. The molecule has 0 saturated carbocycles. The minimum atomic E-state index is -0.367. The number of aromatic amines is 1. The SMILES string of the molecule is C[C@H](NC(=O)c1ccc(C(=O)N2CCC[C@H]2CN)c(Cl)c1)c1nc2cc(Cl)ccc2[nH]1. The maximum atomic E-state index is 12.9. The summed E-state index contributed by atoms with van der Waals surface area (Å²) in [7, 11) is 0. The fourth-order valence-electron chi connectivity index (χ4n) is 3.88. The standard InChI is InChI=1S/C22H23Cl2N5O2/c1-12(20-27-18-7-5-14(23)10-19(18)28-20)26-21(30)13-4-6-16(17(24)9-13)22(31)29-8-2-3-15(29)11-25/h4-7,9-10,12,15H,2-3,8,11,25H2,1H3,(H,26,30)(H,27,28)/t12-,15-/m0/s1. The minimum absolute atomic E-state index is 0.0334. The predicted octanol–water partition coefficient (Wildman–Crippen LogP) is 3.92. The fraction of sp³-hybridized carbons (Fsp3) is 0.318. The predicted molar refractivity (Wildman–Crippen MR) is 122 cm³/mol. The molecule has 1 fully saturated rings. The lowest BCUT2D eigenvalue weighted by molar-refractivity contribution is 0.0740. The van der Waals surface area contributed by atoms with Gasteiger partial charge in [-0.15, -0.1) is 0 Å². The Balaban J connectivity index is 1.48. The molecule has 4 rings (SSSR count). The van der Waals surface area contributed by atoms with Gasteiger partial charge in [0.15, 0.2) is 0 Å². The van der Waals surface area contributed by atoms with Crippen LogP contribution >= 0.6 is 23.2 Å². The van der Waals surface area contributed by atoms with Crippen LogP contribution < -0.4 is 11.1 Å². The molecule has 9 heteroatoms. The van der Waals surface area contributed by atoms with Crippen LogP contribution in [0.2, 0.25) is 10.0 Å². The van der Waals surface area contributed by atoms with E-state index in [1.54, 1.807) is 29.2 Å². The Labute approximate surface area is 189 Å². The number of aromatic nitrogens is 2. The zero-order chi connectivity index (χ0) is 22.1. The van der Waals surface area contributed by atoms with Crippen molar-refractivity contribution >= 4 is 46.0 Å². The van der Waals surface area contributed by atoms with E-state index in [1.807, 2.05) is 13.0 Å². The molecule has 31 heavy (non-hydrogen) atoms. The fourth-order valence-corrected chi connectivity index (χ4v) is 4.31. The van der Waals surface area contributed by atoms with Crippen LogP contribution in [-0.2, 0) is 0 Å². The second-order valence-electron chi connectivity index (χ2n) is 7.70. The van der Waals surface area contributed by atoms with Gasteiger partial charge in [-0.05, 0) is 56.2 Å². The Bertz CT molecular complexity index is 1150. The summed E-state index contributed by atoms with van der Waals surface area (Å²) in [6.07, 6.45) is 1.82. The zero-order valence-electron chi connectivity index (χ0n) is 17.0. The Morgan fingerprint density at radius 3 is 2.84 bits per heavy atom. The number of nitrogens with one attached hydrogen (secondary N) is 2. The number of benzene rings is 2. The number of imidazole rings is 1. The van der Waals surface area contributed by atoms with Gasteiger partial charge in [0.2, 0.25) is 0 Å². The third kappa shape index (κ3) is 4.39. The van der Waals surface area contributed by atoms with Gasteiger partial charge in [-0.3, -0.25) is 9.59 Å². The lowest BCUT2D eigenvalue weighted by Gasteiger charge is -2.24. The first-order chi connectivity index (χ1) is 14.9. The number of fused-ring (bicyclic) bond motifs is 1. The van der Waals surface area contributed by atoms with Gasteiger partial charge in [0, 0.05) is 29.7 Å². The number of nitrogens with zero attached hydrogens (tertiary/aromatic N) is 2. The van der Waals surface area contributed by atoms with Crippen molar-refractivity contribution in [2.75, 3.05) is 13.1 Å². The number of likely N-dealkylation sites (tertiary alicyclic amines) is 1. The van der Waals surface area contributed by atoms with Crippen LogP contribution in [0.4, 0.5) is 0 Å². The van der Waals surface area contributed by atoms with E-state index in [9.17, 15) is 9.59 Å². The lowest BCUT2D eigenvalue weighted by atomic mass is 10.1. The number of amides is 2. The van der Waals surface area contributed by atoms with Crippen molar-refractivity contribution in [1.29, 1.82) is 0 Å². The highest BCUT2D eigenvalue weighted by atomic mass is 35.5. The quantitative estimate of drug-likeness (QED) is 0.537. The molecule has 162 valence electrons. The van der Waals surface area contributed by atoms with Crippen LogP contribution in [-0.4, -0.2) is 45.8 Å². The van der Waals surface area contributed by atoms with Crippen LogP contribution in [0, 0.1) is 0 Å². The number of H-pyrrole nitrogens is 1. The van der Waals surface area contributed by atoms with Gasteiger partial charge in [0.05, 0.1) is 27.7 Å². The molecule has 4 N–H and O–H groups in total. The van der Waals surface area contributed by atoms with Gasteiger partial charge < -0.3 is 20.9 Å². The lowest BCUT2D eigenvalue weighted by Crippen LogP contribution is -2.40. The summed E-state index contributed by atoms with van der Waals surface area (Å²) >= 11 is 12.4. The first-order valence-corrected chi connectivity index (χ1v) is 10.9. The first-order valence-electron chi connectivity index (χ1n) is 10.1. The molecule has 2 aromatic carbocycles. The van der Waals surface area contributed by atoms with Gasteiger partial charge in [-0.2, -0.15) is 0 Å². The molecule has 0 unspecified atom stereocenters. The smallest absolute Gasteiger partial charge is 0.255 e. The van der Waals surface area contributed by atoms with Crippen molar-refractivity contribution in [3.63, 3.8) is 0 Å². The Hall–Kier alpha value is -2.61. The third-order valence-corrected chi connectivity index (χ3v) is 6.14. The number of hydrogen-bond acceptors (Lipinski definition) is 4. The molecule has 0 radical (unpaired) electrons. The molecule has 1 aliphatic heterocycles. The highest BCUT2D eigenvalue weighted by Gasteiger charge is 2.29. The average molecular weight is 460 g/mol. The van der Waals surface area contributed by atoms with Crippen LogP contribution in [0.5, 0.6) is 0 Å². The molecule has 7 nitrogen and oxygen atoms in total. The minimum Gasteiger partial charge on any atom is -0.342 e. The summed E-state index contributed by atoms with van der Waals surface area (Å²) in [5, 5.41) is 3.74. The van der Waals surface area contributed by atoms with Crippen molar-refractivity contribution in [2.24, 2.45) is 5.73 Å². The number of hydrogen-bond donors (Lipinski definition) is 3. The van der Waals surface area contributed by atoms with E-state index in [1.165, 1.54) is 6.07 Å². The monoisotopic (exact) mass is 459 g/mol. The second-order valence-corrected chi connectivity index (χ2v) is 8.55. The highest BCUT2D eigenvalue weighted by molar-refractivity contribution is 6.34. The zero-order valence-corrected chi connectivity index (χ0v) is 18.5. The molecular weight excluding hydrogens is 437 g/mol. The van der Waals surface area contributed by atoms with Crippen molar-refractivity contribution in [3.05, 3.63) is 63.4 Å². The van der Waals surface area contributed by atoms with E-state index in [2.05, 4.69) is 15.3 Å². The van der Waals surface area contributed by atoms with Crippen molar-refractivity contribution < 1.29 is 9.59 Å². The van der Waals surface area contributed by atoms with E-state index in [0.717, 1.165) is 23.9 Å². The Morgan fingerprint density at radius 1 is 1.29 bits per heavy atom. The summed E-state index contributed by atoms with van der Waals surface area (Å²) in [6, 6.07) is 9.76. The van der Waals surface area contributed by atoms with Gasteiger partial charge >= 0.3 is 0 Å². The molecule has 1 saturated heterocycles. The molecule has 1 aliphatic rings. The molecular formula is C22H23Cl2N5O2. The first kappa shape index (κ1) is 21.6. The molecule has 1 aromatic heterocycles. The van der Waals surface area contributed by atoms with Crippen molar-refractivity contribution in [3.8, 4) is 0 Å². The van der Waals surface area contributed by atoms with E-state index in [4.69, 9.17) is 28.9 Å². The van der Waals surface area contributed by atoms with E-state index in [0.29, 0.717) is 35.1 Å². The summed E-state index contributed by atoms with van der Waals surface area (Å²) in [5.41, 5.74) is 8.08. The number of carbonyl (C=O) groups excluding carboxylic acids is 2. The van der Waals surface area contributed by atoms with Gasteiger partial charge in [0.25, 0.3) is 11.8 Å². The number of nitrogens with two attached hydrogens (primary N) is 1. The largest absolute Gasteiger partial charge is 0.342 e. The molecule has 2 amide bonds. The molecule has 0 spiro atoms. The normalized spacial score (nSPS) is 17.2. The Morgan fingerprint density at radius 2 is 2.10 bits per heavy atom. The van der Waals surface area contributed by atoms with E-state index in [-0.39, 0.29) is 28.9 Å². The summed E-state index contributed by atoms with van der Waals surface area (Å²) in [5.74, 6) is 0.150. The average Bonchev–Trinajstić information content (AvgIpc) is 3.39. The van der Waals surface area contributed by atoms with E-state index >= 15 is 0 Å². The molecule has 2 heterocycles. The summed E-state index contributed by atoms with van der Waals surface area (Å²) in [4.78, 5) is 35.0. The van der Waals surface area contributed by atoms with Crippen LogP contribution in [0.1, 0.15) is 52.3 Å². The summed E-state index contributed by atoms with van der Waals surface area (Å²) in [6.45, 7) is 2.92. The Kier molecular flexibility index (Phi) is 6.18. The van der Waals surface area contributed by atoms with Crippen LogP contribution in [0.15, 0.2) is 36.4 Å². The molecule has 0 aliphatic carbocycles. The topological polar surface area (TPSA) is 104 Å². The summed E-state index contributed by atoms with van der Waals surface area (Å²) < 4.78 is 0. The maximum absolute atomic E-state index is 12.9. The van der Waals surface area contributed by atoms with Crippen molar-refractivity contribution in [2.45, 2.75) is 31.8 Å². The van der Waals surface area contributed by atoms with E-state index < -0.39 is 0 Å². The van der Waals surface area contributed by atoms with Crippen LogP contribution in [0.25, 0.3) is 11.0 Å². The van der Waals surface area contributed by atoms with Gasteiger partial charge in [-0.25, -0.2) is 4.98 Å². The van der Waals surface area contributed by atoms with Gasteiger partial charge in [-0.1, -0.05) is 23.2 Å². The number of carbonyl (C=O) groups is 2. The highest BCUT2D eigenvalue weighted by Crippen LogP contribution is 2.25. The molecule has 2 atom stereocenters.